The predicted molar refractivity (Wildman–Crippen MR) is 63.3 cm³/mol. The van der Waals surface area contributed by atoms with Gasteiger partial charge >= 0.3 is 0 Å². The highest BCUT2D eigenvalue weighted by molar-refractivity contribution is 7.08. The first kappa shape index (κ1) is 10.9. The Labute approximate surface area is 90.4 Å². The van der Waals surface area contributed by atoms with Crippen LogP contribution >= 0.6 is 11.3 Å². The summed E-state index contributed by atoms with van der Waals surface area (Å²) in [6.45, 7) is 2.20. The van der Waals surface area contributed by atoms with Gasteiger partial charge in [-0.25, -0.2) is 0 Å². The van der Waals surface area contributed by atoms with Crippen LogP contribution in [0.1, 0.15) is 43.7 Å². The maximum absolute atomic E-state index is 5.34. The lowest BCUT2D eigenvalue weighted by Crippen LogP contribution is -1.75. The van der Waals surface area contributed by atoms with Crippen molar-refractivity contribution in [2.24, 2.45) is 0 Å². The van der Waals surface area contributed by atoms with E-state index >= 15 is 0 Å². The van der Waals surface area contributed by atoms with Crippen molar-refractivity contribution in [2.45, 2.75) is 32.6 Å². The molecule has 0 fully saturated rings. The lowest BCUT2D eigenvalue weighted by atomic mass is 10.2. The lowest BCUT2D eigenvalue weighted by molar-refractivity contribution is 0.737. The van der Waals surface area contributed by atoms with Crippen molar-refractivity contribution in [1.82, 2.24) is 0 Å². The van der Waals surface area contributed by atoms with E-state index in [1.165, 1.54) is 19.3 Å². The molecule has 0 spiro atoms. The number of terminal acetylenes is 1. The van der Waals surface area contributed by atoms with Gasteiger partial charge in [0, 0.05) is 17.2 Å². The molecule has 0 aliphatic carbocycles. The standard InChI is InChI=1S/C13H14S/c1-3-5-6-7-8-9-13-11-14-10-12(13)4-2/h2,10-11H,3,5-7H2,1H3. The maximum atomic E-state index is 5.34. The van der Waals surface area contributed by atoms with E-state index in [-0.39, 0.29) is 0 Å². The first-order chi connectivity index (χ1) is 6.88. The first-order valence-electron chi connectivity index (χ1n) is 4.90. The van der Waals surface area contributed by atoms with E-state index in [1.54, 1.807) is 11.3 Å². The molecule has 0 saturated carbocycles. The van der Waals surface area contributed by atoms with Crippen LogP contribution in [-0.2, 0) is 0 Å². The third kappa shape index (κ3) is 3.29. The minimum Gasteiger partial charge on any atom is -0.150 e. The van der Waals surface area contributed by atoms with E-state index in [0.717, 1.165) is 17.5 Å². The van der Waals surface area contributed by atoms with Crippen molar-refractivity contribution >= 4 is 11.3 Å². The molecule has 1 heterocycles. The molecule has 0 unspecified atom stereocenters. The van der Waals surface area contributed by atoms with Gasteiger partial charge < -0.3 is 0 Å². The van der Waals surface area contributed by atoms with Gasteiger partial charge in [0.1, 0.15) is 0 Å². The highest BCUT2D eigenvalue weighted by Gasteiger charge is 1.95. The number of thiophene rings is 1. The molecule has 0 atom stereocenters. The Bertz CT molecular complexity index is 368. The summed E-state index contributed by atoms with van der Waals surface area (Å²) in [5.41, 5.74) is 1.94. The number of hydrogen-bond donors (Lipinski definition) is 0. The first-order valence-corrected chi connectivity index (χ1v) is 5.84. The Balaban J connectivity index is 2.47. The van der Waals surface area contributed by atoms with Crippen LogP contribution in [0.2, 0.25) is 0 Å². The van der Waals surface area contributed by atoms with E-state index in [2.05, 4.69) is 24.7 Å². The molecule has 1 rings (SSSR count). The molecule has 1 heteroatoms. The minimum atomic E-state index is 0.929. The van der Waals surface area contributed by atoms with E-state index in [4.69, 9.17) is 6.42 Å². The highest BCUT2D eigenvalue weighted by Crippen LogP contribution is 2.12. The van der Waals surface area contributed by atoms with Crippen LogP contribution in [0.3, 0.4) is 0 Å². The van der Waals surface area contributed by atoms with E-state index < -0.39 is 0 Å². The fourth-order valence-electron chi connectivity index (χ4n) is 1.13. The summed E-state index contributed by atoms with van der Waals surface area (Å²) < 4.78 is 0. The zero-order chi connectivity index (χ0) is 10.2. The van der Waals surface area contributed by atoms with Crippen LogP contribution < -0.4 is 0 Å². The summed E-state index contributed by atoms with van der Waals surface area (Å²) in [6, 6.07) is 0. The molecule has 0 aliphatic heterocycles. The van der Waals surface area contributed by atoms with Crippen molar-refractivity contribution in [3.05, 3.63) is 21.9 Å². The summed E-state index contributed by atoms with van der Waals surface area (Å²) in [6.07, 6.45) is 10.0. The van der Waals surface area contributed by atoms with Gasteiger partial charge in [-0.2, -0.15) is 0 Å². The summed E-state index contributed by atoms with van der Waals surface area (Å²) in [5, 5.41) is 3.98. The predicted octanol–water partition coefficient (Wildman–Crippen LogP) is 3.66. The van der Waals surface area contributed by atoms with Crippen molar-refractivity contribution in [1.29, 1.82) is 0 Å². The second kappa shape index (κ2) is 6.30. The van der Waals surface area contributed by atoms with Crippen LogP contribution in [0.25, 0.3) is 0 Å². The van der Waals surface area contributed by atoms with Gasteiger partial charge in [0.05, 0.1) is 11.1 Å². The molecule has 0 amide bonds. The molecule has 0 bridgehead atoms. The largest absolute Gasteiger partial charge is 0.150 e. The van der Waals surface area contributed by atoms with E-state index in [9.17, 15) is 0 Å². The third-order valence-corrected chi connectivity index (χ3v) is 2.69. The second-order valence-electron chi connectivity index (χ2n) is 3.10. The SMILES string of the molecule is C#Cc1cscc1C#CCCCCC. The topological polar surface area (TPSA) is 0 Å². The Kier molecular flexibility index (Phi) is 4.90. The van der Waals surface area contributed by atoms with Crippen LogP contribution in [0, 0.1) is 24.2 Å². The third-order valence-electron chi connectivity index (χ3n) is 1.95. The van der Waals surface area contributed by atoms with Gasteiger partial charge in [0.25, 0.3) is 0 Å². The molecule has 0 saturated heterocycles. The van der Waals surface area contributed by atoms with Gasteiger partial charge in [0.15, 0.2) is 0 Å². The molecular weight excluding hydrogens is 188 g/mol. The molecule has 0 radical (unpaired) electrons. The summed E-state index contributed by atoms with van der Waals surface area (Å²) >= 11 is 1.61. The molecule has 1 aromatic rings. The summed E-state index contributed by atoms with van der Waals surface area (Å²) in [5.74, 6) is 8.91. The average molecular weight is 202 g/mol. The van der Waals surface area contributed by atoms with Crippen LogP contribution in [0.15, 0.2) is 10.8 Å². The fraction of sp³-hybridized carbons (Fsp3) is 0.385. The molecule has 72 valence electrons. The monoisotopic (exact) mass is 202 g/mol. The average Bonchev–Trinajstić information content (AvgIpc) is 2.65. The molecule has 0 N–H and O–H groups in total. The van der Waals surface area contributed by atoms with Crippen LogP contribution in [0.4, 0.5) is 0 Å². The van der Waals surface area contributed by atoms with Gasteiger partial charge in [-0.05, 0) is 6.42 Å². The van der Waals surface area contributed by atoms with E-state index in [1.807, 2.05) is 10.8 Å². The van der Waals surface area contributed by atoms with Gasteiger partial charge in [0.2, 0.25) is 0 Å². The molecule has 14 heavy (non-hydrogen) atoms. The van der Waals surface area contributed by atoms with Crippen molar-refractivity contribution in [2.75, 3.05) is 0 Å². The normalized spacial score (nSPS) is 8.86. The van der Waals surface area contributed by atoms with Gasteiger partial charge in [-0.1, -0.05) is 37.5 Å². The smallest absolute Gasteiger partial charge is 0.0508 e. The number of hydrogen-bond acceptors (Lipinski definition) is 1. The van der Waals surface area contributed by atoms with E-state index in [0.29, 0.717) is 0 Å². The Hall–Kier alpha value is -1.18. The van der Waals surface area contributed by atoms with Crippen molar-refractivity contribution in [3.8, 4) is 24.2 Å². The quantitative estimate of drug-likeness (QED) is 0.518. The van der Waals surface area contributed by atoms with Crippen molar-refractivity contribution in [3.63, 3.8) is 0 Å². The Morgan fingerprint density at radius 1 is 1.29 bits per heavy atom. The zero-order valence-electron chi connectivity index (χ0n) is 8.47. The molecule has 0 aliphatic rings. The highest BCUT2D eigenvalue weighted by atomic mass is 32.1. The Morgan fingerprint density at radius 2 is 2.07 bits per heavy atom. The molecule has 0 aromatic carbocycles. The second-order valence-corrected chi connectivity index (χ2v) is 3.85. The summed E-state index contributed by atoms with van der Waals surface area (Å²) in [7, 11) is 0. The summed E-state index contributed by atoms with van der Waals surface area (Å²) in [4.78, 5) is 0. The van der Waals surface area contributed by atoms with Gasteiger partial charge in [-0.3, -0.25) is 0 Å². The molecule has 0 nitrogen and oxygen atoms in total. The Morgan fingerprint density at radius 3 is 2.79 bits per heavy atom. The van der Waals surface area contributed by atoms with Crippen LogP contribution in [0.5, 0.6) is 0 Å². The number of rotatable bonds is 3. The molecular formula is C13H14S. The fourth-order valence-corrected chi connectivity index (χ4v) is 1.85. The maximum Gasteiger partial charge on any atom is 0.0508 e. The van der Waals surface area contributed by atoms with Gasteiger partial charge in [-0.15, -0.1) is 17.8 Å². The van der Waals surface area contributed by atoms with Crippen molar-refractivity contribution < 1.29 is 0 Å². The number of unbranched alkanes of at least 4 members (excludes halogenated alkanes) is 3. The zero-order valence-corrected chi connectivity index (χ0v) is 9.29. The lowest BCUT2D eigenvalue weighted by Gasteiger charge is -1.88. The minimum absolute atomic E-state index is 0.929. The van der Waals surface area contributed by atoms with Crippen LogP contribution in [-0.4, -0.2) is 0 Å². The molecule has 1 aromatic heterocycles.